The number of carbonyl (C=O) groups excluding carboxylic acids is 2. The molecule has 0 aliphatic rings. The lowest BCUT2D eigenvalue weighted by Crippen LogP contribution is -2.47. The molecule has 0 aliphatic carbocycles. The molecular weight excluding hydrogens is 370 g/mol. The smallest absolute Gasteiger partial charge is 0.328 e. The molecule has 0 saturated heterocycles. The number of nitrogens with one attached hydrogen (secondary N) is 2. The lowest BCUT2D eigenvalue weighted by molar-refractivity contribution is -0.142. The van der Waals surface area contributed by atoms with E-state index in [0.717, 1.165) is 17.8 Å². The third-order valence-corrected chi connectivity index (χ3v) is 4.64. The van der Waals surface area contributed by atoms with Crippen LogP contribution in [0.2, 0.25) is 0 Å². The summed E-state index contributed by atoms with van der Waals surface area (Å²) >= 11 is 1.56. The summed E-state index contributed by atoms with van der Waals surface area (Å²) in [6.45, 7) is 1.08. The van der Waals surface area contributed by atoms with Crippen LogP contribution in [-0.2, 0) is 20.8 Å². The number of aromatic nitrogens is 1. The number of aliphatic carboxylic acids is 1. The lowest BCUT2D eigenvalue weighted by atomic mass is 10.1. The topological polar surface area (TPSA) is 129 Å². The molecule has 8 nitrogen and oxygen atoms in total. The molecule has 9 heteroatoms. The number of hydrogen-bond acceptors (Lipinski definition) is 6. The third-order valence-electron chi connectivity index (χ3n) is 3.71. The van der Waals surface area contributed by atoms with Crippen molar-refractivity contribution >= 4 is 35.2 Å². The highest BCUT2D eigenvalue weighted by molar-refractivity contribution is 7.09. The van der Waals surface area contributed by atoms with Crippen LogP contribution in [0.25, 0.3) is 6.08 Å². The van der Waals surface area contributed by atoms with E-state index in [-0.39, 0.29) is 6.54 Å². The first-order valence-electron chi connectivity index (χ1n) is 8.99. The fourth-order valence-electron chi connectivity index (χ4n) is 2.21. The minimum Gasteiger partial charge on any atom is -0.480 e. The number of unbranched alkanes of at least 4 members (excludes halogenated alkanes) is 4. The zero-order valence-corrected chi connectivity index (χ0v) is 16.3. The maximum Gasteiger partial charge on any atom is 0.328 e. The Morgan fingerprint density at radius 3 is 2.67 bits per heavy atom. The van der Waals surface area contributed by atoms with Gasteiger partial charge in [0.1, 0.15) is 6.04 Å². The van der Waals surface area contributed by atoms with Gasteiger partial charge in [0.25, 0.3) is 0 Å². The lowest BCUT2D eigenvalue weighted by Gasteiger charge is -2.11. The number of aliphatic hydroxyl groups excluding tert-OH is 1. The van der Waals surface area contributed by atoms with Crippen molar-refractivity contribution in [3.8, 4) is 0 Å². The Morgan fingerprint density at radius 2 is 2.00 bits per heavy atom. The van der Waals surface area contributed by atoms with Crippen LogP contribution in [0.15, 0.2) is 11.5 Å². The molecule has 1 aromatic heterocycles. The molecule has 2 amide bonds. The van der Waals surface area contributed by atoms with Crippen molar-refractivity contribution < 1.29 is 24.6 Å². The summed E-state index contributed by atoms with van der Waals surface area (Å²) in [5, 5.41) is 24.9. The van der Waals surface area contributed by atoms with E-state index < -0.39 is 30.4 Å². The van der Waals surface area contributed by atoms with Crippen LogP contribution in [0, 0.1) is 0 Å². The van der Waals surface area contributed by atoms with E-state index >= 15 is 0 Å². The minimum absolute atomic E-state index is 0.382. The van der Waals surface area contributed by atoms with Crippen LogP contribution in [-0.4, -0.2) is 52.2 Å². The number of aliphatic hydroxyl groups is 1. The first-order chi connectivity index (χ1) is 13.0. The average molecular weight is 397 g/mol. The highest BCUT2D eigenvalue weighted by Gasteiger charge is 2.18. The first kappa shape index (κ1) is 22.8. The van der Waals surface area contributed by atoms with Gasteiger partial charge in [0.15, 0.2) is 0 Å². The number of amides is 2. The van der Waals surface area contributed by atoms with Crippen LogP contribution in [0.1, 0.15) is 49.7 Å². The Balaban J connectivity index is 2.32. The van der Waals surface area contributed by atoms with E-state index in [4.69, 9.17) is 10.2 Å². The number of carboxylic acids is 1. The number of carbonyl (C=O) groups is 3. The highest BCUT2D eigenvalue weighted by Crippen LogP contribution is 2.15. The molecule has 1 heterocycles. The minimum atomic E-state index is -1.39. The molecule has 0 aliphatic heterocycles. The van der Waals surface area contributed by atoms with Gasteiger partial charge >= 0.3 is 5.97 Å². The summed E-state index contributed by atoms with van der Waals surface area (Å²) < 4.78 is 0. The molecule has 4 N–H and O–H groups in total. The Kier molecular flexibility index (Phi) is 11.0. The van der Waals surface area contributed by atoms with Gasteiger partial charge in [0, 0.05) is 11.5 Å². The van der Waals surface area contributed by atoms with Crippen molar-refractivity contribution in [2.24, 2.45) is 0 Å². The summed E-state index contributed by atoms with van der Waals surface area (Å²) in [6, 6.07) is -1.39. The van der Waals surface area contributed by atoms with Crippen molar-refractivity contribution in [2.45, 2.75) is 51.5 Å². The zero-order valence-electron chi connectivity index (χ0n) is 15.4. The summed E-state index contributed by atoms with van der Waals surface area (Å²) in [4.78, 5) is 38.4. The quantitative estimate of drug-likeness (QED) is 0.294. The van der Waals surface area contributed by atoms with Gasteiger partial charge in [-0.2, -0.15) is 0 Å². The molecule has 0 bridgehead atoms. The SMILES string of the molecule is CCCCCCCc1nc(/C=C/C(=O)NCC(=O)N[C@@H](CO)C(=O)O)cs1. The molecule has 1 atom stereocenters. The van der Waals surface area contributed by atoms with E-state index in [1.807, 2.05) is 5.38 Å². The number of hydrogen-bond donors (Lipinski definition) is 4. The van der Waals surface area contributed by atoms with Gasteiger partial charge in [-0.25, -0.2) is 9.78 Å². The summed E-state index contributed by atoms with van der Waals surface area (Å²) in [6.07, 6.45) is 9.80. The molecule has 0 saturated carbocycles. The van der Waals surface area contributed by atoms with Crippen LogP contribution < -0.4 is 10.6 Å². The monoisotopic (exact) mass is 397 g/mol. The van der Waals surface area contributed by atoms with Crippen molar-refractivity contribution in [1.82, 2.24) is 15.6 Å². The van der Waals surface area contributed by atoms with Crippen LogP contribution >= 0.6 is 11.3 Å². The molecule has 27 heavy (non-hydrogen) atoms. The molecule has 150 valence electrons. The van der Waals surface area contributed by atoms with Gasteiger partial charge in [-0.05, 0) is 18.9 Å². The summed E-state index contributed by atoms with van der Waals surface area (Å²) in [5.74, 6) is -2.53. The molecule has 0 radical (unpaired) electrons. The first-order valence-corrected chi connectivity index (χ1v) is 9.87. The van der Waals surface area contributed by atoms with Crippen LogP contribution in [0.5, 0.6) is 0 Å². The molecule has 1 aromatic rings. The molecular formula is C18H27N3O5S. The molecule has 0 aromatic carbocycles. The van der Waals surface area contributed by atoms with Crippen molar-refractivity contribution in [1.29, 1.82) is 0 Å². The Morgan fingerprint density at radius 1 is 1.26 bits per heavy atom. The van der Waals surface area contributed by atoms with Gasteiger partial charge in [-0.3, -0.25) is 9.59 Å². The van der Waals surface area contributed by atoms with Crippen LogP contribution in [0.4, 0.5) is 0 Å². The van der Waals surface area contributed by atoms with Gasteiger partial charge in [-0.1, -0.05) is 32.6 Å². The van der Waals surface area contributed by atoms with Crippen molar-refractivity contribution in [2.75, 3.05) is 13.2 Å². The second kappa shape index (κ2) is 13.0. The second-order valence-corrected chi connectivity index (χ2v) is 6.97. The maximum absolute atomic E-state index is 11.7. The van der Waals surface area contributed by atoms with E-state index in [1.54, 1.807) is 17.4 Å². The predicted molar refractivity (Wildman–Crippen MR) is 103 cm³/mol. The standard InChI is InChI=1S/C18H27N3O5S/c1-2-3-4-5-6-7-17-20-13(12-27-17)8-9-15(23)19-10-16(24)21-14(11-22)18(25)26/h8-9,12,14,22H,2-7,10-11H2,1H3,(H,19,23)(H,21,24)(H,25,26)/b9-8+/t14-/m0/s1. The summed E-state index contributed by atoms with van der Waals surface area (Å²) in [5.41, 5.74) is 0.689. The second-order valence-electron chi connectivity index (χ2n) is 6.02. The van der Waals surface area contributed by atoms with Crippen LogP contribution in [0.3, 0.4) is 0 Å². The van der Waals surface area contributed by atoms with E-state index in [2.05, 4.69) is 22.5 Å². The third kappa shape index (κ3) is 9.86. The largest absolute Gasteiger partial charge is 0.480 e. The number of nitrogens with zero attached hydrogens (tertiary/aromatic N) is 1. The van der Waals surface area contributed by atoms with E-state index in [0.29, 0.717) is 5.69 Å². The van der Waals surface area contributed by atoms with E-state index in [1.165, 1.54) is 31.8 Å². The molecule has 0 fully saturated rings. The van der Waals surface area contributed by atoms with Gasteiger partial charge in [0.05, 0.1) is 23.9 Å². The normalized spacial score (nSPS) is 12.1. The molecule has 1 rings (SSSR count). The number of thiazole rings is 1. The Bertz CT molecular complexity index is 645. The van der Waals surface area contributed by atoms with E-state index in [9.17, 15) is 14.4 Å². The zero-order chi connectivity index (χ0) is 20.1. The summed E-state index contributed by atoms with van der Waals surface area (Å²) in [7, 11) is 0. The number of carboxylic acid groups (broad SMARTS) is 1. The van der Waals surface area contributed by atoms with Gasteiger partial charge in [0.2, 0.25) is 11.8 Å². The van der Waals surface area contributed by atoms with Gasteiger partial charge in [-0.15, -0.1) is 11.3 Å². The fraction of sp³-hybridized carbons (Fsp3) is 0.556. The Hall–Kier alpha value is -2.26. The average Bonchev–Trinajstić information content (AvgIpc) is 3.10. The number of aryl methyl sites for hydroxylation is 1. The fourth-order valence-corrected chi connectivity index (χ4v) is 3.02. The maximum atomic E-state index is 11.7. The molecule has 0 spiro atoms. The highest BCUT2D eigenvalue weighted by atomic mass is 32.1. The predicted octanol–water partition coefficient (Wildman–Crippen LogP) is 1.35. The van der Waals surface area contributed by atoms with Crippen molar-refractivity contribution in [3.63, 3.8) is 0 Å². The van der Waals surface area contributed by atoms with Gasteiger partial charge < -0.3 is 20.8 Å². The van der Waals surface area contributed by atoms with Crippen molar-refractivity contribution in [3.05, 3.63) is 22.2 Å². The Labute approximate surface area is 162 Å². The number of rotatable bonds is 13. The molecule has 0 unspecified atom stereocenters.